The summed E-state index contributed by atoms with van der Waals surface area (Å²) in [6, 6.07) is 7.25. The first-order valence-electron chi connectivity index (χ1n) is 5.02. The van der Waals surface area contributed by atoms with Crippen molar-refractivity contribution in [2.24, 2.45) is 5.92 Å². The number of nitrogens with one attached hydrogen (secondary N) is 1. The average Bonchev–Trinajstić information content (AvgIpc) is 2.21. The maximum atomic E-state index is 11.4. The number of aliphatic hydroxyl groups excluding tert-OH is 1. The highest BCUT2D eigenvalue weighted by molar-refractivity contribution is 5.91. The predicted octanol–water partition coefficient (Wildman–Crippen LogP) is 1.77. The zero-order valence-corrected chi connectivity index (χ0v) is 8.41. The van der Waals surface area contributed by atoms with Crippen LogP contribution in [0.2, 0.25) is 0 Å². The molecular formula is C11H15NO2. The van der Waals surface area contributed by atoms with Crippen molar-refractivity contribution in [1.29, 1.82) is 1.43 Å². The van der Waals surface area contributed by atoms with Gasteiger partial charge in [0.2, 0.25) is 7.34 Å². The number of hydrogen-bond donors (Lipinski definition) is 2. The minimum Gasteiger partial charge on any atom is -0.392 e. The second kappa shape index (κ2) is 4.77. The van der Waals surface area contributed by atoms with E-state index in [9.17, 15) is 4.79 Å². The zero-order valence-electron chi connectivity index (χ0n) is 9.41. The summed E-state index contributed by atoms with van der Waals surface area (Å²) < 4.78 is 6.59. The summed E-state index contributed by atoms with van der Waals surface area (Å²) in [6.07, 6.45) is 0. The summed E-state index contributed by atoms with van der Waals surface area (Å²) in [7, 11) is 0. The molecule has 1 aromatic rings. The molecule has 1 amide bonds. The smallest absolute Gasteiger partial charge is 0.226 e. The highest BCUT2D eigenvalue weighted by Gasteiger charge is 2.06. The Morgan fingerprint density at radius 1 is 1.50 bits per heavy atom. The lowest BCUT2D eigenvalue weighted by molar-refractivity contribution is -0.118. The second-order valence-electron chi connectivity index (χ2n) is 3.49. The molecule has 3 nitrogen and oxygen atoms in total. The van der Waals surface area contributed by atoms with Gasteiger partial charge in [-0.15, -0.1) is 0 Å². The first-order valence-corrected chi connectivity index (χ1v) is 4.61. The van der Waals surface area contributed by atoms with E-state index in [2.05, 4.69) is 10.4 Å². The van der Waals surface area contributed by atoms with E-state index >= 15 is 0 Å². The fourth-order valence-electron chi connectivity index (χ4n) is 0.971. The molecule has 14 heavy (non-hydrogen) atoms. The SMILES string of the molecule is [2H]OCc1ccc(NC(=O)C(C)C)cc1. The largest absolute Gasteiger partial charge is 0.392 e. The van der Waals surface area contributed by atoms with Gasteiger partial charge < -0.3 is 10.4 Å². The summed E-state index contributed by atoms with van der Waals surface area (Å²) in [4.78, 5) is 11.4. The summed E-state index contributed by atoms with van der Waals surface area (Å²) in [5, 5.41) is 7.03. The van der Waals surface area contributed by atoms with Crippen molar-refractivity contribution in [2.45, 2.75) is 20.5 Å². The number of carbonyl (C=O) groups is 1. The van der Waals surface area contributed by atoms with Crippen molar-refractivity contribution in [2.75, 3.05) is 5.32 Å². The maximum absolute atomic E-state index is 11.4. The molecule has 0 fully saturated rings. The molecule has 0 atom stereocenters. The molecule has 1 aromatic carbocycles. The summed E-state index contributed by atoms with van der Waals surface area (Å²) >= 11 is 0. The van der Waals surface area contributed by atoms with Gasteiger partial charge in [-0.05, 0) is 17.7 Å². The van der Waals surface area contributed by atoms with Gasteiger partial charge in [-0.2, -0.15) is 0 Å². The third-order valence-corrected chi connectivity index (χ3v) is 1.91. The summed E-state index contributed by atoms with van der Waals surface area (Å²) in [5.74, 6) is -0.0271. The van der Waals surface area contributed by atoms with Crippen molar-refractivity contribution < 1.29 is 9.90 Å². The number of hydrogen-bond acceptors (Lipinski definition) is 2. The van der Waals surface area contributed by atoms with E-state index in [-0.39, 0.29) is 18.4 Å². The lowest BCUT2D eigenvalue weighted by Crippen LogP contribution is -2.17. The summed E-state index contributed by atoms with van der Waals surface area (Å²) in [6.45, 7) is 3.95. The standard InChI is InChI=1S/C11H15NO2/c1-8(2)11(14)12-10-5-3-9(7-13)4-6-10/h3-6,8,13H,7H2,1-2H3,(H,12,14)/i13D. The van der Waals surface area contributed by atoms with E-state index in [0.29, 0.717) is 0 Å². The van der Waals surface area contributed by atoms with Crippen LogP contribution >= 0.6 is 0 Å². The van der Waals surface area contributed by atoms with Gasteiger partial charge in [0.1, 0.15) is 0 Å². The van der Waals surface area contributed by atoms with E-state index in [1.165, 1.54) is 0 Å². The molecule has 0 bridgehead atoms. The van der Waals surface area contributed by atoms with Gasteiger partial charge in [0, 0.05) is 11.6 Å². The van der Waals surface area contributed by atoms with Gasteiger partial charge in [-0.1, -0.05) is 26.0 Å². The number of amides is 1. The molecule has 1 rings (SSSR count). The van der Waals surface area contributed by atoms with Gasteiger partial charge in [-0.25, -0.2) is 0 Å². The van der Waals surface area contributed by atoms with Crippen molar-refractivity contribution in [3.63, 3.8) is 0 Å². The van der Waals surface area contributed by atoms with Crippen LogP contribution in [0.3, 0.4) is 0 Å². The molecule has 0 radical (unpaired) electrons. The molecule has 0 aliphatic carbocycles. The monoisotopic (exact) mass is 194 g/mol. The Kier molecular flexibility index (Phi) is 3.14. The van der Waals surface area contributed by atoms with Gasteiger partial charge in [0.15, 0.2) is 0 Å². The van der Waals surface area contributed by atoms with Crippen LogP contribution in [0.4, 0.5) is 5.69 Å². The van der Waals surface area contributed by atoms with Gasteiger partial charge in [-0.3, -0.25) is 4.79 Å². The first kappa shape index (κ1) is 9.21. The molecule has 0 spiro atoms. The molecule has 3 heteroatoms. The Balaban J connectivity index is 2.60. The predicted molar refractivity (Wildman–Crippen MR) is 55.8 cm³/mol. The molecule has 0 unspecified atom stereocenters. The van der Waals surface area contributed by atoms with Crippen molar-refractivity contribution >= 4 is 11.6 Å². The second-order valence-corrected chi connectivity index (χ2v) is 3.49. The lowest BCUT2D eigenvalue weighted by Gasteiger charge is -2.07. The van der Waals surface area contributed by atoms with Crippen molar-refractivity contribution in [1.82, 2.24) is 0 Å². The van der Waals surface area contributed by atoms with Gasteiger partial charge in [0.25, 0.3) is 0 Å². The quantitative estimate of drug-likeness (QED) is 0.767. The molecule has 76 valence electrons. The third-order valence-electron chi connectivity index (χ3n) is 1.91. The number of rotatable bonds is 4. The molecule has 0 aliphatic heterocycles. The lowest BCUT2D eigenvalue weighted by atomic mass is 10.2. The Morgan fingerprint density at radius 3 is 2.64 bits per heavy atom. The normalized spacial score (nSPS) is 11.2. The Bertz CT molecular complexity index is 322. The molecule has 0 saturated carbocycles. The van der Waals surface area contributed by atoms with Crippen molar-refractivity contribution in [3.8, 4) is 0 Å². The van der Waals surface area contributed by atoms with E-state index in [1.54, 1.807) is 12.1 Å². The molecule has 0 aliphatic rings. The van der Waals surface area contributed by atoms with Crippen LogP contribution < -0.4 is 5.32 Å². The van der Waals surface area contributed by atoms with Crippen LogP contribution in [0, 0.1) is 5.92 Å². The van der Waals surface area contributed by atoms with Crippen LogP contribution in [0.25, 0.3) is 0 Å². The maximum Gasteiger partial charge on any atom is 0.226 e. The number of carbonyl (C=O) groups excluding carboxylic acids is 1. The fourth-order valence-corrected chi connectivity index (χ4v) is 0.971. The minimum absolute atomic E-state index is 0.000471. The van der Waals surface area contributed by atoms with Gasteiger partial charge >= 0.3 is 0 Å². The molecule has 0 heterocycles. The third kappa shape index (κ3) is 2.85. The Labute approximate surface area is 85.3 Å². The Morgan fingerprint density at radius 2 is 2.14 bits per heavy atom. The topological polar surface area (TPSA) is 49.3 Å². The first-order chi connectivity index (χ1) is 7.13. The zero-order chi connectivity index (χ0) is 11.3. The van der Waals surface area contributed by atoms with Crippen molar-refractivity contribution in [3.05, 3.63) is 29.8 Å². The Hall–Kier alpha value is -1.35. The molecule has 0 saturated heterocycles. The highest BCUT2D eigenvalue weighted by atomic mass is 16.3. The van der Waals surface area contributed by atoms with Gasteiger partial charge in [0.05, 0.1) is 6.61 Å². The van der Waals surface area contributed by atoms with E-state index in [0.717, 1.165) is 11.3 Å². The fraction of sp³-hybridized carbons (Fsp3) is 0.364. The molecule has 2 N–H and O–H groups in total. The average molecular weight is 194 g/mol. The van der Waals surface area contributed by atoms with Crippen LogP contribution in [-0.4, -0.2) is 12.4 Å². The van der Waals surface area contributed by atoms with E-state index in [4.69, 9.17) is 1.43 Å². The van der Waals surface area contributed by atoms with Crippen LogP contribution in [0.5, 0.6) is 0 Å². The number of aliphatic hydroxyl groups is 1. The molecular weight excluding hydrogens is 178 g/mol. The van der Waals surface area contributed by atoms with Crippen LogP contribution in [0.15, 0.2) is 24.3 Å². The molecule has 0 aromatic heterocycles. The van der Waals surface area contributed by atoms with E-state index < -0.39 is 0 Å². The summed E-state index contributed by atoms with van der Waals surface area (Å²) in [5.41, 5.74) is 1.68. The number of benzene rings is 1. The highest BCUT2D eigenvalue weighted by Crippen LogP contribution is 2.10. The van der Waals surface area contributed by atoms with E-state index in [1.807, 2.05) is 26.0 Å². The van der Waals surface area contributed by atoms with Crippen LogP contribution in [0.1, 0.15) is 19.4 Å². The minimum atomic E-state index is -0.0266. The number of anilines is 1. The van der Waals surface area contributed by atoms with Crippen LogP contribution in [-0.2, 0) is 11.4 Å².